The highest BCUT2D eigenvalue weighted by atomic mass is 31.1. The fraction of sp³-hybridized carbons (Fsp3) is 1.00. The monoisotopic (exact) mass is 180 g/mol. The summed E-state index contributed by atoms with van der Waals surface area (Å²) in [4.78, 5) is 0. The van der Waals surface area contributed by atoms with Gasteiger partial charge in [0.15, 0.2) is 0 Å². The fourth-order valence-electron chi connectivity index (χ4n) is 0.601. The van der Waals surface area contributed by atoms with Gasteiger partial charge in [0, 0.05) is 15.4 Å². The lowest BCUT2D eigenvalue weighted by Crippen LogP contribution is -2.01. The second-order valence-corrected chi connectivity index (χ2v) is 3.54. The van der Waals surface area contributed by atoms with Gasteiger partial charge in [-0.25, -0.2) is 0 Å². The van der Waals surface area contributed by atoms with E-state index < -0.39 is 0 Å². The van der Waals surface area contributed by atoms with Crippen LogP contribution in [0.2, 0.25) is 0 Å². The summed E-state index contributed by atoms with van der Waals surface area (Å²) in [6, 6.07) is 0. The number of aliphatic hydroxyl groups excluding tert-OH is 2. The Balaban J connectivity index is 3.02. The van der Waals surface area contributed by atoms with Gasteiger partial charge in [-0.2, -0.15) is 0 Å². The molecule has 0 aromatic heterocycles. The smallest absolute Gasteiger partial charge is 0.0952 e. The molecule has 0 amide bonds. The molecule has 0 heterocycles. The normalized spacial score (nSPS) is 14.5. The van der Waals surface area contributed by atoms with Gasteiger partial charge in [0.2, 0.25) is 0 Å². The van der Waals surface area contributed by atoms with Crippen molar-refractivity contribution in [3.05, 3.63) is 0 Å². The van der Waals surface area contributed by atoms with E-state index in [2.05, 4.69) is 0 Å². The van der Waals surface area contributed by atoms with Crippen molar-refractivity contribution >= 4 is 8.81 Å². The molecule has 0 aromatic rings. The molecule has 3 nitrogen and oxygen atoms in total. The van der Waals surface area contributed by atoms with Crippen molar-refractivity contribution in [2.45, 2.75) is 32.0 Å². The fourth-order valence-corrected chi connectivity index (χ4v) is 1.44. The van der Waals surface area contributed by atoms with Crippen molar-refractivity contribution in [2.24, 2.45) is 0 Å². The summed E-state index contributed by atoms with van der Waals surface area (Å²) in [6.45, 7) is 2.90. The van der Waals surface area contributed by atoms with E-state index >= 15 is 0 Å². The van der Waals surface area contributed by atoms with Crippen LogP contribution in [0.25, 0.3) is 0 Å². The van der Waals surface area contributed by atoms with Gasteiger partial charge in [-0.15, -0.1) is 0 Å². The first-order chi connectivity index (χ1) is 5.31. The van der Waals surface area contributed by atoms with Crippen LogP contribution in [0, 0.1) is 0 Å². The molecule has 0 bridgehead atoms. The first kappa shape index (κ1) is 11.3. The minimum atomic E-state index is -0.381. The van der Waals surface area contributed by atoms with Gasteiger partial charge in [0.05, 0.1) is 12.5 Å². The summed E-state index contributed by atoms with van der Waals surface area (Å²) < 4.78 is 5.14. The van der Waals surface area contributed by atoms with Crippen molar-refractivity contribution in [3.63, 3.8) is 0 Å². The molecule has 0 aliphatic heterocycles. The molecule has 68 valence electrons. The zero-order valence-electron chi connectivity index (χ0n) is 6.92. The lowest BCUT2D eigenvalue weighted by Gasteiger charge is -2.08. The Morgan fingerprint density at radius 3 is 2.82 bits per heavy atom. The van der Waals surface area contributed by atoms with Crippen molar-refractivity contribution in [1.82, 2.24) is 0 Å². The van der Waals surface area contributed by atoms with Gasteiger partial charge < -0.3 is 14.7 Å². The van der Waals surface area contributed by atoms with Crippen LogP contribution in [0.1, 0.15) is 26.2 Å². The van der Waals surface area contributed by atoms with Crippen LogP contribution >= 0.6 is 8.81 Å². The van der Waals surface area contributed by atoms with Crippen LogP contribution in [0.15, 0.2) is 0 Å². The van der Waals surface area contributed by atoms with Gasteiger partial charge in [-0.1, -0.05) is 6.92 Å². The molecule has 0 aliphatic carbocycles. The highest BCUT2D eigenvalue weighted by molar-refractivity contribution is 7.32. The molecule has 11 heavy (non-hydrogen) atoms. The molecular weight excluding hydrogens is 163 g/mol. The van der Waals surface area contributed by atoms with E-state index in [-0.39, 0.29) is 21.3 Å². The summed E-state index contributed by atoms with van der Waals surface area (Å²) in [5, 5.41) is 17.6. The van der Waals surface area contributed by atoms with Gasteiger partial charge >= 0.3 is 0 Å². The highest BCUT2D eigenvalue weighted by Gasteiger charge is 2.02. The Morgan fingerprint density at radius 2 is 2.27 bits per heavy atom. The molecule has 0 fully saturated rings. The first-order valence-corrected chi connectivity index (χ1v) is 4.96. The first-order valence-electron chi connectivity index (χ1n) is 3.97. The Hall–Kier alpha value is 0.310. The minimum absolute atomic E-state index is 0.148. The number of hydrogen-bond acceptors (Lipinski definition) is 3. The SMILES string of the molecule is CCCOPC(O)CCCO. The third-order valence-electron chi connectivity index (χ3n) is 1.16. The van der Waals surface area contributed by atoms with Crippen LogP contribution in [0.5, 0.6) is 0 Å². The number of aliphatic hydroxyl groups is 2. The lowest BCUT2D eigenvalue weighted by atomic mass is 10.3. The van der Waals surface area contributed by atoms with E-state index in [9.17, 15) is 5.11 Å². The Labute approximate surface area is 69.6 Å². The van der Waals surface area contributed by atoms with Crippen molar-refractivity contribution in [3.8, 4) is 0 Å². The van der Waals surface area contributed by atoms with Crippen LogP contribution in [0.3, 0.4) is 0 Å². The van der Waals surface area contributed by atoms with Gasteiger partial charge in [0.1, 0.15) is 0 Å². The van der Waals surface area contributed by atoms with E-state index in [1.165, 1.54) is 0 Å². The van der Waals surface area contributed by atoms with Gasteiger partial charge in [-0.05, 0) is 19.3 Å². The lowest BCUT2D eigenvalue weighted by molar-refractivity contribution is 0.204. The van der Waals surface area contributed by atoms with E-state index in [4.69, 9.17) is 9.63 Å². The molecule has 2 unspecified atom stereocenters. The Kier molecular flexibility index (Phi) is 8.64. The molecule has 0 radical (unpaired) electrons. The van der Waals surface area contributed by atoms with Gasteiger partial charge in [0.25, 0.3) is 0 Å². The highest BCUT2D eigenvalue weighted by Crippen LogP contribution is 2.21. The third-order valence-corrected chi connectivity index (χ3v) is 2.09. The average Bonchev–Trinajstić information content (AvgIpc) is 2.01. The molecule has 0 saturated carbocycles. The van der Waals surface area contributed by atoms with Crippen molar-refractivity contribution in [2.75, 3.05) is 13.2 Å². The number of rotatable bonds is 7. The summed E-state index contributed by atoms with van der Waals surface area (Å²) in [5.74, 6) is -0.381. The zero-order chi connectivity index (χ0) is 8.53. The summed E-state index contributed by atoms with van der Waals surface area (Å²) in [5.41, 5.74) is 0. The van der Waals surface area contributed by atoms with Crippen LogP contribution < -0.4 is 0 Å². The largest absolute Gasteiger partial charge is 0.396 e. The molecule has 0 saturated heterocycles. The van der Waals surface area contributed by atoms with E-state index in [1.807, 2.05) is 6.92 Å². The predicted octanol–water partition coefficient (Wildman–Crippen LogP) is 1.10. The molecule has 0 aromatic carbocycles. The van der Waals surface area contributed by atoms with E-state index in [1.54, 1.807) is 0 Å². The minimum Gasteiger partial charge on any atom is -0.396 e. The summed E-state index contributed by atoms with van der Waals surface area (Å²) in [7, 11) is 0.167. The maximum absolute atomic E-state index is 9.18. The third kappa shape index (κ3) is 8.21. The standard InChI is InChI=1S/C7H17O3P/c1-2-6-10-11-7(9)4-3-5-8/h7-9,11H,2-6H2,1H3. The number of hydrogen-bond donors (Lipinski definition) is 2. The molecule has 0 rings (SSSR count). The second kappa shape index (κ2) is 8.41. The van der Waals surface area contributed by atoms with Crippen LogP contribution in [-0.2, 0) is 4.52 Å². The van der Waals surface area contributed by atoms with Crippen LogP contribution in [0.4, 0.5) is 0 Å². The molecular formula is C7H17O3P. The Morgan fingerprint density at radius 1 is 1.55 bits per heavy atom. The maximum atomic E-state index is 9.18. The van der Waals surface area contributed by atoms with Crippen molar-refractivity contribution < 1.29 is 14.7 Å². The molecule has 0 spiro atoms. The zero-order valence-corrected chi connectivity index (χ0v) is 7.92. The topological polar surface area (TPSA) is 49.7 Å². The maximum Gasteiger partial charge on any atom is 0.0952 e. The summed E-state index contributed by atoms with van der Waals surface area (Å²) in [6.07, 6.45) is 2.28. The average molecular weight is 180 g/mol. The quantitative estimate of drug-likeness (QED) is 0.455. The molecule has 4 heteroatoms. The Bertz CT molecular complexity index is 80.1. The molecule has 2 N–H and O–H groups in total. The van der Waals surface area contributed by atoms with Crippen LogP contribution in [-0.4, -0.2) is 29.3 Å². The van der Waals surface area contributed by atoms with E-state index in [0.717, 1.165) is 6.42 Å². The van der Waals surface area contributed by atoms with E-state index in [0.29, 0.717) is 19.4 Å². The van der Waals surface area contributed by atoms with Crippen molar-refractivity contribution in [1.29, 1.82) is 0 Å². The second-order valence-electron chi connectivity index (χ2n) is 2.35. The molecule has 2 atom stereocenters. The predicted molar refractivity (Wildman–Crippen MR) is 46.9 cm³/mol. The van der Waals surface area contributed by atoms with Gasteiger partial charge in [-0.3, -0.25) is 0 Å². The molecule has 0 aliphatic rings. The summed E-state index contributed by atoms with van der Waals surface area (Å²) >= 11 is 0.